The van der Waals surface area contributed by atoms with Crippen LogP contribution < -0.4 is 10.6 Å². The quantitative estimate of drug-likeness (QED) is 0.125. The van der Waals surface area contributed by atoms with Gasteiger partial charge < -0.3 is 40.0 Å². The van der Waals surface area contributed by atoms with Gasteiger partial charge in [-0.2, -0.15) is 0 Å². The fourth-order valence-electron chi connectivity index (χ4n) is 7.46. The molecular formula is C36H69BN4O8. The summed E-state index contributed by atoms with van der Waals surface area (Å²) in [7, 11) is 4.91. The SMILES string of the molecule is CC[C@H](C)[C@@H]([C@@H](CC(=O)N1CCC[C@H]1[C@H](OC)[C@@H](C)C(=O)N[C@@H](CC(C)C)B(O)O)OC)N(C)C(=O)[C@@H](CC(=O)[C@@H](NC)C(C)C)C(C)C. The molecule has 0 saturated carbocycles. The Labute approximate surface area is 296 Å². The first-order chi connectivity index (χ1) is 22.9. The van der Waals surface area contributed by atoms with Gasteiger partial charge in [0.2, 0.25) is 17.7 Å². The van der Waals surface area contributed by atoms with Crippen LogP contribution >= 0.6 is 0 Å². The van der Waals surface area contributed by atoms with Crippen LogP contribution in [-0.2, 0) is 28.7 Å². The van der Waals surface area contributed by atoms with E-state index in [1.165, 1.54) is 7.11 Å². The van der Waals surface area contributed by atoms with Crippen molar-refractivity contribution in [2.45, 2.75) is 137 Å². The summed E-state index contributed by atoms with van der Waals surface area (Å²) in [5.41, 5.74) is 0. The summed E-state index contributed by atoms with van der Waals surface area (Å²) in [6, 6.07) is -1.12. The number of amides is 3. The van der Waals surface area contributed by atoms with E-state index in [2.05, 4.69) is 10.6 Å². The molecule has 0 aromatic carbocycles. The second kappa shape index (κ2) is 21.3. The number of nitrogens with zero attached hydrogens (tertiary/aromatic N) is 2. The molecule has 4 N–H and O–H groups in total. The standard InChI is InChI=1S/C36H69BN4O8/c1-14-24(8)33(40(11)36(45)26(22(4)5)19-28(42)32(38-10)23(6)7)29(48-12)20-31(43)41-17-15-16-27(41)34(49-13)25(9)35(44)39-30(37(46)47)18-21(2)3/h21-27,29-30,32-34,38,46-47H,14-20H2,1-13H3,(H,39,44)/t24-,25+,26-,27-,29+,30-,32-,33-,34+/m0/s1. The van der Waals surface area contributed by atoms with E-state index in [1.54, 1.807) is 37.9 Å². The first-order valence-electron chi connectivity index (χ1n) is 18.4. The van der Waals surface area contributed by atoms with Gasteiger partial charge in [-0.15, -0.1) is 0 Å². The highest BCUT2D eigenvalue weighted by atomic mass is 16.5. The minimum absolute atomic E-state index is 0.00131. The highest BCUT2D eigenvalue weighted by Gasteiger charge is 2.43. The smallest absolute Gasteiger partial charge is 0.426 e. The van der Waals surface area contributed by atoms with Crippen molar-refractivity contribution in [3.8, 4) is 0 Å². The average molecular weight is 697 g/mol. The van der Waals surface area contributed by atoms with Crippen LogP contribution in [0.15, 0.2) is 0 Å². The van der Waals surface area contributed by atoms with Gasteiger partial charge in [-0.1, -0.05) is 68.7 Å². The van der Waals surface area contributed by atoms with Gasteiger partial charge in [0, 0.05) is 40.2 Å². The van der Waals surface area contributed by atoms with Crippen LogP contribution in [0.3, 0.4) is 0 Å². The zero-order valence-corrected chi connectivity index (χ0v) is 32.7. The van der Waals surface area contributed by atoms with E-state index in [0.29, 0.717) is 19.4 Å². The third kappa shape index (κ3) is 12.6. The van der Waals surface area contributed by atoms with Crippen LogP contribution in [0.5, 0.6) is 0 Å². The van der Waals surface area contributed by atoms with Crippen molar-refractivity contribution >= 4 is 30.6 Å². The maximum absolute atomic E-state index is 14.1. The van der Waals surface area contributed by atoms with Crippen molar-refractivity contribution in [2.24, 2.45) is 35.5 Å². The lowest BCUT2D eigenvalue weighted by atomic mass is 9.74. The number of hydrogen-bond acceptors (Lipinski definition) is 9. The summed E-state index contributed by atoms with van der Waals surface area (Å²) < 4.78 is 11.8. The van der Waals surface area contributed by atoms with Gasteiger partial charge in [0.15, 0.2) is 5.78 Å². The van der Waals surface area contributed by atoms with E-state index in [9.17, 15) is 29.2 Å². The number of hydrogen-bond donors (Lipinski definition) is 4. The number of ketones is 1. The van der Waals surface area contributed by atoms with Crippen molar-refractivity contribution < 1.29 is 38.7 Å². The van der Waals surface area contributed by atoms with Crippen molar-refractivity contribution in [1.82, 2.24) is 20.4 Å². The number of likely N-dealkylation sites (tertiary alicyclic amines) is 1. The van der Waals surface area contributed by atoms with Gasteiger partial charge in [0.25, 0.3) is 0 Å². The molecule has 3 amide bonds. The number of methoxy groups -OCH3 is 2. The molecule has 0 radical (unpaired) electrons. The number of carbonyl (C=O) groups is 4. The Kier molecular flexibility index (Phi) is 19.6. The molecule has 9 atom stereocenters. The molecule has 1 saturated heterocycles. The molecule has 1 fully saturated rings. The minimum atomic E-state index is -1.69. The molecule has 1 aliphatic heterocycles. The van der Waals surface area contributed by atoms with Gasteiger partial charge in [-0.3, -0.25) is 19.2 Å². The maximum atomic E-state index is 14.1. The van der Waals surface area contributed by atoms with Gasteiger partial charge in [0.1, 0.15) is 0 Å². The van der Waals surface area contributed by atoms with Crippen molar-refractivity contribution in [3.05, 3.63) is 0 Å². The maximum Gasteiger partial charge on any atom is 0.475 e. The largest absolute Gasteiger partial charge is 0.475 e. The third-order valence-electron chi connectivity index (χ3n) is 10.5. The minimum Gasteiger partial charge on any atom is -0.426 e. The zero-order chi connectivity index (χ0) is 37.7. The second-order valence-corrected chi connectivity index (χ2v) is 15.3. The lowest BCUT2D eigenvalue weighted by Gasteiger charge is -2.41. The van der Waals surface area contributed by atoms with Crippen LogP contribution in [0, 0.1) is 35.5 Å². The van der Waals surface area contributed by atoms with Crippen LogP contribution in [0.2, 0.25) is 0 Å². The van der Waals surface area contributed by atoms with E-state index >= 15 is 0 Å². The predicted molar refractivity (Wildman–Crippen MR) is 193 cm³/mol. The fourth-order valence-corrected chi connectivity index (χ4v) is 7.46. The van der Waals surface area contributed by atoms with Crippen molar-refractivity contribution in [1.29, 1.82) is 0 Å². The number of ether oxygens (including phenoxy) is 2. The second-order valence-electron chi connectivity index (χ2n) is 15.3. The molecule has 13 heteroatoms. The molecule has 284 valence electrons. The van der Waals surface area contributed by atoms with E-state index in [1.807, 2.05) is 55.4 Å². The van der Waals surface area contributed by atoms with Crippen LogP contribution in [0.1, 0.15) is 101 Å². The molecular weight excluding hydrogens is 627 g/mol. The summed E-state index contributed by atoms with van der Waals surface area (Å²) in [4.78, 5) is 58.2. The average Bonchev–Trinajstić information content (AvgIpc) is 3.51. The Hall–Kier alpha value is -2.06. The molecule has 1 rings (SSSR count). The van der Waals surface area contributed by atoms with E-state index < -0.39 is 43.1 Å². The van der Waals surface area contributed by atoms with Crippen LogP contribution in [-0.4, -0.2) is 122 Å². The summed E-state index contributed by atoms with van der Waals surface area (Å²) >= 11 is 0. The molecule has 0 bridgehead atoms. The van der Waals surface area contributed by atoms with Crippen LogP contribution in [0.4, 0.5) is 0 Å². The number of nitrogens with one attached hydrogen (secondary N) is 2. The highest BCUT2D eigenvalue weighted by molar-refractivity contribution is 6.43. The summed E-state index contributed by atoms with van der Waals surface area (Å²) in [6.07, 6.45) is 1.49. The number of likely N-dealkylation sites (N-methyl/N-ethyl adjacent to an activating group) is 2. The predicted octanol–water partition coefficient (Wildman–Crippen LogP) is 2.93. The van der Waals surface area contributed by atoms with E-state index in [-0.39, 0.29) is 72.1 Å². The Balaban J connectivity index is 3.25. The number of carbonyl (C=O) groups excluding carboxylic acids is 4. The van der Waals surface area contributed by atoms with Gasteiger partial charge in [0.05, 0.1) is 48.6 Å². The molecule has 1 heterocycles. The lowest BCUT2D eigenvalue weighted by Crippen LogP contribution is -2.55. The van der Waals surface area contributed by atoms with Crippen LogP contribution in [0.25, 0.3) is 0 Å². The van der Waals surface area contributed by atoms with Gasteiger partial charge in [-0.05, 0) is 50.0 Å². The highest BCUT2D eigenvalue weighted by Crippen LogP contribution is 2.31. The number of rotatable bonds is 22. The van der Waals surface area contributed by atoms with E-state index in [4.69, 9.17) is 9.47 Å². The topological polar surface area (TPSA) is 158 Å². The monoisotopic (exact) mass is 697 g/mol. The Bertz CT molecular complexity index is 1040. The van der Waals surface area contributed by atoms with Crippen molar-refractivity contribution in [3.63, 3.8) is 0 Å². The number of Topliss-reactive ketones (excluding diaryl/α,β-unsaturated/α-hetero) is 1. The molecule has 1 aliphatic rings. The molecule has 12 nitrogen and oxygen atoms in total. The first kappa shape index (κ1) is 45.0. The van der Waals surface area contributed by atoms with Crippen molar-refractivity contribution in [2.75, 3.05) is 34.9 Å². The molecule has 0 aromatic rings. The summed E-state index contributed by atoms with van der Waals surface area (Å²) in [6.45, 7) is 18.1. The molecule has 49 heavy (non-hydrogen) atoms. The van der Waals surface area contributed by atoms with Gasteiger partial charge >= 0.3 is 7.12 Å². The first-order valence-corrected chi connectivity index (χ1v) is 18.4. The summed E-state index contributed by atoms with van der Waals surface area (Å²) in [5.74, 6) is -2.48. The molecule has 0 unspecified atom stereocenters. The Morgan fingerprint density at radius 1 is 0.959 bits per heavy atom. The molecule has 0 aliphatic carbocycles. The van der Waals surface area contributed by atoms with Gasteiger partial charge in [-0.25, -0.2) is 0 Å². The van der Waals surface area contributed by atoms with E-state index in [0.717, 1.165) is 12.8 Å². The summed E-state index contributed by atoms with van der Waals surface area (Å²) in [5, 5.41) is 25.6. The Morgan fingerprint density at radius 2 is 1.57 bits per heavy atom. The fraction of sp³-hybridized carbons (Fsp3) is 0.889. The molecule has 0 spiro atoms. The lowest BCUT2D eigenvalue weighted by molar-refractivity contribution is -0.149. The molecule has 0 aromatic heterocycles. The Morgan fingerprint density at radius 3 is 2.02 bits per heavy atom. The normalized spacial score (nSPS) is 20.0. The third-order valence-corrected chi connectivity index (χ3v) is 10.5. The zero-order valence-electron chi connectivity index (χ0n) is 32.7.